The van der Waals surface area contributed by atoms with Crippen molar-refractivity contribution in [3.63, 3.8) is 0 Å². The lowest BCUT2D eigenvalue weighted by atomic mass is 10.1. The van der Waals surface area contributed by atoms with Crippen LogP contribution in [0.25, 0.3) is 11.3 Å². The van der Waals surface area contributed by atoms with Crippen molar-refractivity contribution in [2.24, 2.45) is 0 Å². The zero-order chi connectivity index (χ0) is 16.2. The number of aryl methyl sites for hydroxylation is 1. The summed E-state index contributed by atoms with van der Waals surface area (Å²) < 4.78 is 5.41. The average Bonchev–Trinajstić information content (AvgIpc) is 3.06. The number of urea groups is 1. The fraction of sp³-hybridized carbons (Fsp3) is 0.471. The summed E-state index contributed by atoms with van der Waals surface area (Å²) in [7, 11) is 0. The quantitative estimate of drug-likeness (QED) is 0.943. The molecule has 3 rings (SSSR count). The summed E-state index contributed by atoms with van der Waals surface area (Å²) in [4.78, 5) is 18.3. The van der Waals surface area contributed by atoms with Crippen molar-refractivity contribution < 1.29 is 9.32 Å². The topological polar surface area (TPSA) is 71.3 Å². The first-order valence-electron chi connectivity index (χ1n) is 8.08. The summed E-state index contributed by atoms with van der Waals surface area (Å²) in [5.41, 5.74) is 2.64. The van der Waals surface area contributed by atoms with Crippen LogP contribution >= 0.6 is 0 Å². The molecule has 2 amide bonds. The number of nitrogens with one attached hydrogen (secondary N) is 1. The van der Waals surface area contributed by atoms with Crippen LogP contribution in [0.5, 0.6) is 0 Å². The van der Waals surface area contributed by atoms with Crippen molar-refractivity contribution in [2.75, 3.05) is 13.1 Å². The van der Waals surface area contributed by atoms with E-state index in [0.29, 0.717) is 5.76 Å². The number of amides is 2. The highest BCUT2D eigenvalue weighted by atomic mass is 16.5. The molecule has 1 aliphatic heterocycles. The van der Waals surface area contributed by atoms with Gasteiger partial charge in [0.05, 0.1) is 6.04 Å². The third-order valence-corrected chi connectivity index (χ3v) is 4.13. The minimum atomic E-state index is -0.214. The molecule has 1 fully saturated rings. The fourth-order valence-corrected chi connectivity index (χ4v) is 2.78. The first-order valence-corrected chi connectivity index (χ1v) is 8.08. The lowest BCUT2D eigenvalue weighted by Crippen LogP contribution is -2.43. The Kier molecular flexibility index (Phi) is 4.60. The van der Waals surface area contributed by atoms with E-state index >= 15 is 0 Å². The van der Waals surface area contributed by atoms with Gasteiger partial charge >= 0.3 is 6.03 Å². The molecular weight excluding hydrogens is 292 g/mol. The minimum absolute atomic E-state index is 0.0325. The van der Waals surface area contributed by atoms with Crippen LogP contribution in [0.15, 0.2) is 28.9 Å². The van der Waals surface area contributed by atoms with Crippen LogP contribution in [-0.4, -0.2) is 34.2 Å². The third kappa shape index (κ3) is 3.70. The molecular formula is C17H22N4O2. The summed E-state index contributed by atoms with van der Waals surface area (Å²) >= 11 is 0. The number of hydrogen-bond donors (Lipinski definition) is 1. The summed E-state index contributed by atoms with van der Waals surface area (Å²) in [6.07, 6.45) is 5.11. The smallest absolute Gasteiger partial charge is 0.317 e. The van der Waals surface area contributed by atoms with Gasteiger partial charge in [0.2, 0.25) is 0 Å². The van der Waals surface area contributed by atoms with Crippen molar-refractivity contribution in [3.05, 3.63) is 35.9 Å². The molecule has 1 saturated heterocycles. The first-order chi connectivity index (χ1) is 11.1. The Balaban J connectivity index is 1.66. The molecule has 2 aromatic heterocycles. The normalized spacial score (nSPS) is 16.2. The van der Waals surface area contributed by atoms with Crippen LogP contribution in [0, 0.1) is 6.92 Å². The first kappa shape index (κ1) is 15.5. The Morgan fingerprint density at radius 2 is 2.09 bits per heavy atom. The maximum atomic E-state index is 12.2. The highest BCUT2D eigenvalue weighted by Gasteiger charge is 2.21. The maximum absolute atomic E-state index is 12.2. The van der Waals surface area contributed by atoms with Gasteiger partial charge in [-0.2, -0.15) is 0 Å². The van der Waals surface area contributed by atoms with Crippen LogP contribution in [0.4, 0.5) is 4.79 Å². The second-order valence-corrected chi connectivity index (χ2v) is 6.02. The van der Waals surface area contributed by atoms with Crippen LogP contribution < -0.4 is 5.32 Å². The monoisotopic (exact) mass is 314 g/mol. The van der Waals surface area contributed by atoms with E-state index in [4.69, 9.17) is 4.52 Å². The fourth-order valence-electron chi connectivity index (χ4n) is 2.78. The van der Waals surface area contributed by atoms with Gasteiger partial charge in [0.1, 0.15) is 5.69 Å². The van der Waals surface area contributed by atoms with Gasteiger partial charge in [-0.3, -0.25) is 4.98 Å². The lowest BCUT2D eigenvalue weighted by Gasteiger charge is -2.27. The molecule has 0 radical (unpaired) electrons. The predicted molar refractivity (Wildman–Crippen MR) is 86.8 cm³/mol. The van der Waals surface area contributed by atoms with E-state index in [0.717, 1.165) is 42.9 Å². The summed E-state index contributed by atoms with van der Waals surface area (Å²) in [6.45, 7) is 5.50. The molecule has 0 bridgehead atoms. The Morgan fingerprint density at radius 3 is 2.83 bits per heavy atom. The second-order valence-electron chi connectivity index (χ2n) is 6.02. The van der Waals surface area contributed by atoms with E-state index < -0.39 is 0 Å². The summed E-state index contributed by atoms with van der Waals surface area (Å²) in [5.74, 6) is 0.653. The van der Waals surface area contributed by atoms with Gasteiger partial charge in [0.25, 0.3) is 0 Å². The molecule has 0 aromatic carbocycles. The summed E-state index contributed by atoms with van der Waals surface area (Å²) in [6, 6.07) is 5.48. The van der Waals surface area contributed by atoms with Gasteiger partial charge in [-0.15, -0.1) is 0 Å². The van der Waals surface area contributed by atoms with Crippen molar-refractivity contribution in [2.45, 2.75) is 39.2 Å². The van der Waals surface area contributed by atoms with Gasteiger partial charge in [-0.25, -0.2) is 4.79 Å². The van der Waals surface area contributed by atoms with E-state index in [1.807, 2.05) is 36.9 Å². The Morgan fingerprint density at radius 1 is 1.30 bits per heavy atom. The number of carbonyl (C=O) groups excluding carboxylic acids is 1. The highest BCUT2D eigenvalue weighted by molar-refractivity contribution is 5.74. The molecule has 0 unspecified atom stereocenters. The Hall–Kier alpha value is -2.37. The van der Waals surface area contributed by atoms with E-state index in [1.165, 1.54) is 6.42 Å². The van der Waals surface area contributed by atoms with Gasteiger partial charge in [-0.1, -0.05) is 5.16 Å². The molecule has 2 aromatic rings. The molecule has 0 saturated carbocycles. The van der Waals surface area contributed by atoms with Gasteiger partial charge in [0, 0.05) is 36.6 Å². The lowest BCUT2D eigenvalue weighted by molar-refractivity contribution is 0.181. The van der Waals surface area contributed by atoms with Crippen LogP contribution in [0.1, 0.15) is 43.7 Å². The summed E-state index contributed by atoms with van der Waals surface area (Å²) in [5, 5.41) is 7.08. The van der Waals surface area contributed by atoms with Crippen LogP contribution in [-0.2, 0) is 0 Å². The molecule has 6 nitrogen and oxygen atoms in total. The van der Waals surface area contributed by atoms with Gasteiger partial charge < -0.3 is 14.7 Å². The Bertz CT molecular complexity index is 677. The standard InChI is InChI=1S/C17H22N4O2/c1-12-10-14(6-7-18-12)15-11-16(23-20-15)13(2)19-17(22)21-8-4-3-5-9-21/h6-7,10-11,13H,3-5,8-9H2,1-2H3,(H,19,22)/t13-/m1/s1. The van der Waals surface area contributed by atoms with E-state index in [9.17, 15) is 4.79 Å². The number of rotatable bonds is 3. The number of piperidine rings is 1. The highest BCUT2D eigenvalue weighted by Crippen LogP contribution is 2.23. The van der Waals surface area contributed by atoms with Crippen molar-refractivity contribution in [1.82, 2.24) is 20.4 Å². The average molecular weight is 314 g/mol. The molecule has 3 heterocycles. The van der Waals surface area contributed by atoms with Gasteiger partial charge in [0.15, 0.2) is 5.76 Å². The van der Waals surface area contributed by atoms with Crippen molar-refractivity contribution in [3.8, 4) is 11.3 Å². The maximum Gasteiger partial charge on any atom is 0.317 e. The molecule has 1 N–H and O–H groups in total. The van der Waals surface area contributed by atoms with Crippen molar-refractivity contribution >= 4 is 6.03 Å². The molecule has 1 aliphatic rings. The number of hydrogen-bond acceptors (Lipinski definition) is 4. The van der Waals surface area contributed by atoms with Crippen molar-refractivity contribution in [1.29, 1.82) is 0 Å². The number of carbonyl (C=O) groups is 1. The zero-order valence-electron chi connectivity index (χ0n) is 13.6. The number of pyridine rings is 1. The Labute approximate surface area is 135 Å². The third-order valence-electron chi connectivity index (χ3n) is 4.13. The molecule has 1 atom stereocenters. The number of likely N-dealkylation sites (tertiary alicyclic amines) is 1. The minimum Gasteiger partial charge on any atom is -0.359 e. The van der Waals surface area contributed by atoms with E-state index in [-0.39, 0.29) is 12.1 Å². The molecule has 23 heavy (non-hydrogen) atoms. The molecule has 6 heteroatoms. The largest absolute Gasteiger partial charge is 0.359 e. The molecule has 0 spiro atoms. The zero-order valence-corrected chi connectivity index (χ0v) is 13.6. The molecule has 122 valence electrons. The van der Waals surface area contributed by atoms with E-state index in [2.05, 4.69) is 15.5 Å². The SMILES string of the molecule is Cc1cc(-c2cc([C@@H](C)NC(=O)N3CCCCC3)on2)ccn1. The second kappa shape index (κ2) is 6.81. The molecule has 0 aliphatic carbocycles. The van der Waals surface area contributed by atoms with E-state index in [1.54, 1.807) is 6.20 Å². The van der Waals surface area contributed by atoms with Crippen LogP contribution in [0.2, 0.25) is 0 Å². The number of nitrogens with zero attached hydrogens (tertiary/aromatic N) is 3. The number of aromatic nitrogens is 2. The van der Waals surface area contributed by atoms with Gasteiger partial charge in [-0.05, 0) is 45.2 Å². The van der Waals surface area contributed by atoms with Crippen LogP contribution in [0.3, 0.4) is 0 Å². The predicted octanol–water partition coefficient (Wildman–Crippen LogP) is 3.30.